The standard InChI is InChI=1S/C16H21N3O3/c17-12-6-5-7-13-16(12)19(15(21)11-22-13)10-14(20)18-8-3-1-2-4-9-18/h5-7H,1-4,8-11,17H2. The van der Waals surface area contributed by atoms with Crippen LogP contribution < -0.4 is 15.4 Å². The highest BCUT2D eigenvalue weighted by atomic mass is 16.5. The molecule has 1 saturated heterocycles. The summed E-state index contributed by atoms with van der Waals surface area (Å²) in [6, 6.07) is 5.25. The van der Waals surface area contributed by atoms with Crippen molar-refractivity contribution in [3.05, 3.63) is 18.2 Å². The van der Waals surface area contributed by atoms with Gasteiger partial charge in [-0.1, -0.05) is 18.9 Å². The average Bonchev–Trinajstić information content (AvgIpc) is 2.79. The van der Waals surface area contributed by atoms with Crippen LogP contribution in [0.1, 0.15) is 25.7 Å². The van der Waals surface area contributed by atoms with Gasteiger partial charge in [-0.2, -0.15) is 0 Å². The number of likely N-dealkylation sites (tertiary alicyclic amines) is 1. The second-order valence-electron chi connectivity index (χ2n) is 5.76. The lowest BCUT2D eigenvalue weighted by atomic mass is 10.2. The minimum Gasteiger partial charge on any atom is -0.481 e. The second-order valence-corrected chi connectivity index (χ2v) is 5.76. The highest BCUT2D eigenvalue weighted by molar-refractivity contribution is 6.04. The lowest BCUT2D eigenvalue weighted by molar-refractivity contribution is -0.132. The number of para-hydroxylation sites is 1. The SMILES string of the molecule is Nc1cccc2c1N(CC(=O)N1CCCCCC1)C(=O)CO2. The summed E-state index contributed by atoms with van der Waals surface area (Å²) in [7, 11) is 0. The summed E-state index contributed by atoms with van der Waals surface area (Å²) >= 11 is 0. The van der Waals surface area contributed by atoms with Gasteiger partial charge in [0.25, 0.3) is 5.91 Å². The maximum atomic E-state index is 12.5. The quantitative estimate of drug-likeness (QED) is 0.838. The molecule has 2 heterocycles. The molecule has 0 bridgehead atoms. The first-order chi connectivity index (χ1) is 10.7. The van der Waals surface area contributed by atoms with Gasteiger partial charge in [-0.15, -0.1) is 0 Å². The molecule has 6 heteroatoms. The van der Waals surface area contributed by atoms with Gasteiger partial charge in [0.2, 0.25) is 5.91 Å². The van der Waals surface area contributed by atoms with Gasteiger partial charge in [0.05, 0.1) is 5.69 Å². The van der Waals surface area contributed by atoms with E-state index >= 15 is 0 Å². The summed E-state index contributed by atoms with van der Waals surface area (Å²) in [6.45, 7) is 1.52. The Morgan fingerprint density at radius 3 is 2.64 bits per heavy atom. The number of fused-ring (bicyclic) bond motifs is 1. The number of nitrogens with two attached hydrogens (primary N) is 1. The number of nitrogens with zero attached hydrogens (tertiary/aromatic N) is 2. The van der Waals surface area contributed by atoms with Crippen molar-refractivity contribution in [2.24, 2.45) is 0 Å². The largest absolute Gasteiger partial charge is 0.481 e. The molecule has 0 saturated carbocycles. The van der Waals surface area contributed by atoms with Crippen LogP contribution in [0.25, 0.3) is 0 Å². The number of rotatable bonds is 2. The molecule has 1 aromatic carbocycles. The van der Waals surface area contributed by atoms with Crippen molar-refractivity contribution >= 4 is 23.2 Å². The van der Waals surface area contributed by atoms with Gasteiger partial charge in [-0.25, -0.2) is 0 Å². The van der Waals surface area contributed by atoms with E-state index in [1.807, 2.05) is 4.90 Å². The smallest absolute Gasteiger partial charge is 0.265 e. The Labute approximate surface area is 129 Å². The molecule has 2 aliphatic heterocycles. The van der Waals surface area contributed by atoms with Gasteiger partial charge in [-0.3, -0.25) is 14.5 Å². The van der Waals surface area contributed by atoms with Crippen LogP contribution in [0.2, 0.25) is 0 Å². The summed E-state index contributed by atoms with van der Waals surface area (Å²) in [5.74, 6) is 0.309. The number of ether oxygens (including phenoxy) is 1. The van der Waals surface area contributed by atoms with E-state index in [0.29, 0.717) is 17.1 Å². The van der Waals surface area contributed by atoms with Crippen molar-refractivity contribution in [2.45, 2.75) is 25.7 Å². The molecule has 0 atom stereocenters. The van der Waals surface area contributed by atoms with Gasteiger partial charge in [-0.05, 0) is 25.0 Å². The topological polar surface area (TPSA) is 75.9 Å². The fourth-order valence-electron chi connectivity index (χ4n) is 3.01. The molecule has 1 aromatic rings. The Hall–Kier alpha value is -2.24. The molecule has 0 aromatic heterocycles. The fraction of sp³-hybridized carbons (Fsp3) is 0.500. The van der Waals surface area contributed by atoms with Gasteiger partial charge in [0.1, 0.15) is 18.0 Å². The van der Waals surface area contributed by atoms with Gasteiger partial charge in [0.15, 0.2) is 6.61 Å². The first-order valence-electron chi connectivity index (χ1n) is 7.76. The lowest BCUT2D eigenvalue weighted by Crippen LogP contribution is -2.47. The number of nitrogen functional groups attached to an aromatic ring is 1. The predicted molar refractivity (Wildman–Crippen MR) is 83.8 cm³/mol. The van der Waals surface area contributed by atoms with E-state index in [1.54, 1.807) is 18.2 Å². The maximum absolute atomic E-state index is 12.5. The van der Waals surface area contributed by atoms with Crippen LogP contribution in [0, 0.1) is 0 Å². The fourth-order valence-corrected chi connectivity index (χ4v) is 3.01. The summed E-state index contributed by atoms with van der Waals surface area (Å²) < 4.78 is 5.40. The van der Waals surface area contributed by atoms with Gasteiger partial charge in [0, 0.05) is 13.1 Å². The van der Waals surface area contributed by atoms with Crippen LogP contribution in [-0.2, 0) is 9.59 Å². The highest BCUT2D eigenvalue weighted by Crippen LogP contribution is 2.37. The van der Waals surface area contributed by atoms with Gasteiger partial charge < -0.3 is 15.4 Å². The van der Waals surface area contributed by atoms with Crippen molar-refractivity contribution in [3.63, 3.8) is 0 Å². The molecule has 0 unspecified atom stereocenters. The number of amides is 2. The van der Waals surface area contributed by atoms with Crippen molar-refractivity contribution in [2.75, 3.05) is 36.9 Å². The number of anilines is 2. The zero-order valence-corrected chi connectivity index (χ0v) is 12.6. The highest BCUT2D eigenvalue weighted by Gasteiger charge is 2.30. The van der Waals surface area contributed by atoms with Crippen LogP contribution in [0.3, 0.4) is 0 Å². The third-order valence-corrected chi connectivity index (χ3v) is 4.20. The van der Waals surface area contributed by atoms with E-state index in [-0.39, 0.29) is 25.0 Å². The number of hydrogen-bond donors (Lipinski definition) is 1. The number of benzene rings is 1. The van der Waals surface area contributed by atoms with Crippen molar-refractivity contribution in [1.29, 1.82) is 0 Å². The Balaban J connectivity index is 1.79. The number of carbonyl (C=O) groups excluding carboxylic acids is 2. The zero-order valence-electron chi connectivity index (χ0n) is 12.6. The third kappa shape index (κ3) is 2.86. The molecule has 2 aliphatic rings. The average molecular weight is 303 g/mol. The Morgan fingerprint density at radius 2 is 1.91 bits per heavy atom. The Bertz CT molecular complexity index is 580. The number of carbonyl (C=O) groups is 2. The van der Waals surface area contributed by atoms with Crippen LogP contribution in [0.15, 0.2) is 18.2 Å². The lowest BCUT2D eigenvalue weighted by Gasteiger charge is -2.31. The normalized spacial score (nSPS) is 18.5. The Morgan fingerprint density at radius 1 is 1.18 bits per heavy atom. The molecule has 0 aliphatic carbocycles. The third-order valence-electron chi connectivity index (χ3n) is 4.20. The Kier molecular flexibility index (Phi) is 4.18. The van der Waals surface area contributed by atoms with E-state index in [1.165, 1.54) is 4.90 Å². The molecule has 2 N–H and O–H groups in total. The summed E-state index contributed by atoms with van der Waals surface area (Å²) in [4.78, 5) is 28.0. The minimum atomic E-state index is -0.228. The summed E-state index contributed by atoms with van der Waals surface area (Å²) in [6.07, 6.45) is 4.38. The zero-order chi connectivity index (χ0) is 15.5. The van der Waals surface area contributed by atoms with E-state index in [2.05, 4.69) is 0 Å². The monoisotopic (exact) mass is 303 g/mol. The molecular weight excluding hydrogens is 282 g/mol. The number of hydrogen-bond acceptors (Lipinski definition) is 4. The van der Waals surface area contributed by atoms with Crippen molar-refractivity contribution < 1.29 is 14.3 Å². The van der Waals surface area contributed by atoms with E-state index in [4.69, 9.17) is 10.5 Å². The maximum Gasteiger partial charge on any atom is 0.265 e. The second kappa shape index (κ2) is 6.25. The van der Waals surface area contributed by atoms with Crippen LogP contribution >= 0.6 is 0 Å². The van der Waals surface area contributed by atoms with Crippen molar-refractivity contribution in [3.8, 4) is 5.75 Å². The van der Waals surface area contributed by atoms with E-state index < -0.39 is 0 Å². The molecule has 118 valence electrons. The summed E-state index contributed by atoms with van der Waals surface area (Å²) in [5, 5.41) is 0. The van der Waals surface area contributed by atoms with E-state index in [0.717, 1.165) is 38.8 Å². The molecular formula is C16H21N3O3. The molecule has 3 rings (SSSR count). The van der Waals surface area contributed by atoms with Crippen LogP contribution in [0.4, 0.5) is 11.4 Å². The van der Waals surface area contributed by atoms with Crippen molar-refractivity contribution in [1.82, 2.24) is 4.90 Å². The van der Waals surface area contributed by atoms with E-state index in [9.17, 15) is 9.59 Å². The molecule has 0 radical (unpaired) electrons. The first kappa shape index (κ1) is 14.7. The van der Waals surface area contributed by atoms with Gasteiger partial charge >= 0.3 is 0 Å². The first-order valence-corrected chi connectivity index (χ1v) is 7.76. The molecule has 6 nitrogen and oxygen atoms in total. The molecule has 1 fully saturated rings. The van der Waals surface area contributed by atoms with Crippen LogP contribution in [0.5, 0.6) is 5.75 Å². The molecule has 0 spiro atoms. The van der Waals surface area contributed by atoms with Crippen LogP contribution in [-0.4, -0.2) is 43.0 Å². The minimum absolute atomic E-state index is 0.0219. The summed E-state index contributed by atoms with van der Waals surface area (Å²) in [5.41, 5.74) is 6.94. The molecule has 22 heavy (non-hydrogen) atoms. The molecule has 2 amide bonds. The predicted octanol–water partition coefficient (Wildman–Crippen LogP) is 1.40.